The SMILES string of the molecule is Cc1cc(C)c(NC(=O)CNC(=O)NCC(C(C)C)N2CCOCC2)c(C)c1. The van der Waals surface area contributed by atoms with Gasteiger partial charge >= 0.3 is 6.03 Å². The first kappa shape index (κ1) is 22.2. The Labute approximate surface area is 168 Å². The summed E-state index contributed by atoms with van der Waals surface area (Å²) in [5.74, 6) is 0.174. The predicted octanol–water partition coefficient (Wildman–Crippen LogP) is 2.21. The van der Waals surface area contributed by atoms with Crippen LogP contribution in [0.4, 0.5) is 10.5 Å². The number of morpholine rings is 1. The number of amides is 3. The number of anilines is 1. The second kappa shape index (κ2) is 10.4. The fourth-order valence-corrected chi connectivity index (χ4v) is 3.68. The lowest BCUT2D eigenvalue weighted by Gasteiger charge is -2.36. The van der Waals surface area contributed by atoms with E-state index in [1.807, 2.05) is 32.9 Å². The molecule has 1 unspecified atom stereocenters. The third-order valence-electron chi connectivity index (χ3n) is 5.11. The number of nitrogens with zero attached hydrogens (tertiary/aromatic N) is 1. The highest BCUT2D eigenvalue weighted by molar-refractivity contribution is 5.95. The molecule has 3 N–H and O–H groups in total. The fraction of sp³-hybridized carbons (Fsp3) is 0.619. The van der Waals surface area contributed by atoms with Crippen molar-refractivity contribution < 1.29 is 14.3 Å². The summed E-state index contributed by atoms with van der Waals surface area (Å²) in [6.45, 7) is 14.0. The van der Waals surface area contributed by atoms with Crippen molar-refractivity contribution in [1.29, 1.82) is 0 Å². The zero-order valence-corrected chi connectivity index (χ0v) is 17.7. The van der Waals surface area contributed by atoms with E-state index in [0.29, 0.717) is 12.5 Å². The van der Waals surface area contributed by atoms with Gasteiger partial charge in [-0.15, -0.1) is 0 Å². The number of nitrogens with one attached hydrogen (secondary N) is 3. The van der Waals surface area contributed by atoms with E-state index in [9.17, 15) is 9.59 Å². The maximum absolute atomic E-state index is 12.2. The number of urea groups is 1. The van der Waals surface area contributed by atoms with Crippen molar-refractivity contribution in [2.75, 3.05) is 44.7 Å². The van der Waals surface area contributed by atoms with Crippen molar-refractivity contribution >= 4 is 17.6 Å². The minimum absolute atomic E-state index is 0.0670. The lowest BCUT2D eigenvalue weighted by Crippen LogP contribution is -2.52. The van der Waals surface area contributed by atoms with Crippen LogP contribution in [-0.4, -0.2) is 62.3 Å². The summed E-state index contributed by atoms with van der Waals surface area (Å²) in [6.07, 6.45) is 0. The van der Waals surface area contributed by atoms with Gasteiger partial charge in [0.25, 0.3) is 0 Å². The first-order valence-electron chi connectivity index (χ1n) is 9.99. The van der Waals surface area contributed by atoms with E-state index in [1.165, 1.54) is 0 Å². The summed E-state index contributed by atoms with van der Waals surface area (Å²) in [7, 11) is 0. The molecule has 2 rings (SSSR count). The molecule has 28 heavy (non-hydrogen) atoms. The Balaban J connectivity index is 1.79. The number of carbonyl (C=O) groups excluding carboxylic acids is 2. The Kier molecular flexibility index (Phi) is 8.26. The molecule has 0 radical (unpaired) electrons. The molecule has 1 aromatic carbocycles. The summed E-state index contributed by atoms with van der Waals surface area (Å²) >= 11 is 0. The fourth-order valence-electron chi connectivity index (χ4n) is 3.68. The number of ether oxygens (including phenoxy) is 1. The van der Waals surface area contributed by atoms with E-state index < -0.39 is 0 Å². The second-order valence-electron chi connectivity index (χ2n) is 7.85. The number of hydrogen-bond donors (Lipinski definition) is 3. The van der Waals surface area contributed by atoms with Crippen LogP contribution in [0.5, 0.6) is 0 Å². The first-order valence-corrected chi connectivity index (χ1v) is 9.99. The number of benzene rings is 1. The van der Waals surface area contributed by atoms with Crippen molar-refractivity contribution in [1.82, 2.24) is 15.5 Å². The lowest BCUT2D eigenvalue weighted by molar-refractivity contribution is -0.115. The Hall–Kier alpha value is -2.12. The summed E-state index contributed by atoms with van der Waals surface area (Å²) in [5.41, 5.74) is 4.00. The van der Waals surface area contributed by atoms with Crippen molar-refractivity contribution in [3.63, 3.8) is 0 Å². The average Bonchev–Trinajstić information content (AvgIpc) is 2.63. The lowest BCUT2D eigenvalue weighted by atomic mass is 10.0. The molecule has 0 bridgehead atoms. The van der Waals surface area contributed by atoms with Crippen molar-refractivity contribution in [2.45, 2.75) is 40.7 Å². The Morgan fingerprint density at radius 1 is 1.07 bits per heavy atom. The number of carbonyl (C=O) groups is 2. The van der Waals surface area contributed by atoms with Gasteiger partial charge in [0.15, 0.2) is 0 Å². The van der Waals surface area contributed by atoms with Gasteiger partial charge in [-0.2, -0.15) is 0 Å². The molecule has 1 fully saturated rings. The summed E-state index contributed by atoms with van der Waals surface area (Å²) in [6, 6.07) is 3.98. The van der Waals surface area contributed by atoms with E-state index in [4.69, 9.17) is 4.74 Å². The molecule has 1 saturated heterocycles. The topological polar surface area (TPSA) is 82.7 Å². The maximum atomic E-state index is 12.2. The minimum Gasteiger partial charge on any atom is -0.379 e. The zero-order chi connectivity index (χ0) is 20.7. The van der Waals surface area contributed by atoms with E-state index in [1.54, 1.807) is 0 Å². The van der Waals surface area contributed by atoms with Crippen molar-refractivity contribution in [3.8, 4) is 0 Å². The normalized spacial score (nSPS) is 15.9. The van der Waals surface area contributed by atoms with Gasteiger partial charge in [0.2, 0.25) is 5.91 Å². The van der Waals surface area contributed by atoms with Crippen LogP contribution >= 0.6 is 0 Å². The molecule has 0 saturated carbocycles. The highest BCUT2D eigenvalue weighted by Crippen LogP contribution is 2.21. The molecule has 7 nitrogen and oxygen atoms in total. The van der Waals surface area contributed by atoms with Crippen LogP contribution in [0.2, 0.25) is 0 Å². The smallest absolute Gasteiger partial charge is 0.315 e. The van der Waals surface area contributed by atoms with Crippen molar-refractivity contribution in [3.05, 3.63) is 28.8 Å². The molecule has 0 spiro atoms. The molecule has 1 aliphatic heterocycles. The van der Waals surface area contributed by atoms with E-state index in [-0.39, 0.29) is 24.5 Å². The van der Waals surface area contributed by atoms with Gasteiger partial charge in [0.05, 0.1) is 19.8 Å². The van der Waals surface area contributed by atoms with Gasteiger partial charge in [0, 0.05) is 31.4 Å². The average molecular weight is 391 g/mol. The van der Waals surface area contributed by atoms with Crippen LogP contribution in [0.3, 0.4) is 0 Å². The summed E-state index contributed by atoms with van der Waals surface area (Å²) in [5, 5.41) is 8.44. The number of aryl methyl sites for hydroxylation is 3. The third-order valence-corrected chi connectivity index (χ3v) is 5.11. The number of rotatable bonds is 7. The largest absolute Gasteiger partial charge is 0.379 e. The molecule has 1 atom stereocenters. The van der Waals surface area contributed by atoms with Crippen LogP contribution in [0, 0.1) is 26.7 Å². The highest BCUT2D eigenvalue weighted by atomic mass is 16.5. The van der Waals surface area contributed by atoms with Crippen molar-refractivity contribution in [2.24, 2.45) is 5.92 Å². The standard InChI is InChI=1S/C21H34N4O3/c1-14(2)18(25-6-8-28-9-7-25)12-22-21(27)23-13-19(26)24-20-16(4)10-15(3)11-17(20)5/h10-11,14,18H,6-9,12-13H2,1-5H3,(H,24,26)(H2,22,23,27). The van der Waals surface area contributed by atoms with Crippen LogP contribution in [0.1, 0.15) is 30.5 Å². The molecule has 0 aliphatic carbocycles. The van der Waals surface area contributed by atoms with E-state index >= 15 is 0 Å². The summed E-state index contributed by atoms with van der Waals surface area (Å²) < 4.78 is 5.41. The van der Waals surface area contributed by atoms with Gasteiger partial charge in [-0.25, -0.2) is 4.79 Å². The van der Waals surface area contributed by atoms with E-state index in [0.717, 1.165) is 48.7 Å². The zero-order valence-electron chi connectivity index (χ0n) is 17.7. The Morgan fingerprint density at radius 2 is 1.68 bits per heavy atom. The molecule has 0 aromatic heterocycles. The van der Waals surface area contributed by atoms with Gasteiger partial charge in [-0.05, 0) is 37.8 Å². The Morgan fingerprint density at radius 3 is 2.25 bits per heavy atom. The molecule has 3 amide bonds. The number of hydrogen-bond acceptors (Lipinski definition) is 4. The Bertz CT molecular complexity index is 661. The second-order valence-corrected chi connectivity index (χ2v) is 7.85. The first-order chi connectivity index (χ1) is 13.3. The third kappa shape index (κ3) is 6.49. The van der Waals surface area contributed by atoms with Crippen LogP contribution < -0.4 is 16.0 Å². The van der Waals surface area contributed by atoms with Crippen LogP contribution in [-0.2, 0) is 9.53 Å². The molecule has 1 aliphatic rings. The minimum atomic E-state index is -0.327. The molecule has 1 aromatic rings. The molecule has 7 heteroatoms. The summed E-state index contributed by atoms with van der Waals surface area (Å²) in [4.78, 5) is 26.7. The van der Waals surface area contributed by atoms with Crippen LogP contribution in [0.15, 0.2) is 12.1 Å². The molecule has 156 valence electrons. The molecule has 1 heterocycles. The quantitative estimate of drug-likeness (QED) is 0.667. The maximum Gasteiger partial charge on any atom is 0.315 e. The molecular formula is C21H34N4O3. The van der Waals surface area contributed by atoms with E-state index in [2.05, 4.69) is 34.7 Å². The van der Waals surface area contributed by atoms with Gasteiger partial charge < -0.3 is 20.7 Å². The monoisotopic (exact) mass is 390 g/mol. The van der Waals surface area contributed by atoms with Gasteiger partial charge in [-0.1, -0.05) is 31.5 Å². The predicted molar refractivity (Wildman–Crippen MR) is 112 cm³/mol. The van der Waals surface area contributed by atoms with Gasteiger partial charge in [-0.3, -0.25) is 9.69 Å². The molecular weight excluding hydrogens is 356 g/mol. The van der Waals surface area contributed by atoms with Crippen LogP contribution in [0.25, 0.3) is 0 Å². The van der Waals surface area contributed by atoms with Gasteiger partial charge in [0.1, 0.15) is 0 Å². The highest BCUT2D eigenvalue weighted by Gasteiger charge is 2.24.